The predicted octanol–water partition coefficient (Wildman–Crippen LogP) is 2.19. The molecule has 0 saturated carbocycles. The Balaban J connectivity index is 2.11. The fourth-order valence-corrected chi connectivity index (χ4v) is 2.14. The molecule has 0 amide bonds. The molecule has 14 heavy (non-hydrogen) atoms. The van der Waals surface area contributed by atoms with Crippen LogP contribution >= 0.6 is 11.3 Å². The van der Waals surface area contributed by atoms with E-state index in [0.717, 1.165) is 34.9 Å². The van der Waals surface area contributed by atoms with E-state index in [1.165, 1.54) is 0 Å². The summed E-state index contributed by atoms with van der Waals surface area (Å²) >= 11 is 1.66. The van der Waals surface area contributed by atoms with E-state index in [1.54, 1.807) is 11.3 Å². The van der Waals surface area contributed by atoms with E-state index in [2.05, 4.69) is 22.2 Å². The fraction of sp³-hybridized carbons (Fsp3) is 0.400. The number of nitrogens with zero attached hydrogens (tertiary/aromatic N) is 2. The topological polar surface area (TPSA) is 37.8 Å². The minimum Gasteiger partial charge on any atom is -0.310 e. The zero-order valence-corrected chi connectivity index (χ0v) is 8.97. The smallest absolute Gasteiger partial charge is 0.143 e. The molecule has 0 saturated heterocycles. The van der Waals surface area contributed by atoms with Gasteiger partial charge in [0.2, 0.25) is 0 Å². The first kappa shape index (κ1) is 9.55. The lowest BCUT2D eigenvalue weighted by Gasteiger charge is -1.96. The normalized spacial score (nSPS) is 10.9. The van der Waals surface area contributed by atoms with Crippen molar-refractivity contribution in [2.24, 2.45) is 0 Å². The third-order valence-corrected chi connectivity index (χ3v) is 2.89. The molecular formula is C10H13N3S. The lowest BCUT2D eigenvalue weighted by molar-refractivity contribution is 0.673. The standard InChI is InChI=1S/C10H13N3S/c1-2-5-11-7-9-13-8-4-3-6-12-10(8)14-9/h3-4,6,11H,2,5,7H2,1H3. The number of hydrogen-bond acceptors (Lipinski definition) is 4. The third kappa shape index (κ3) is 2.08. The van der Waals surface area contributed by atoms with Crippen molar-refractivity contribution in [2.45, 2.75) is 19.9 Å². The Hall–Kier alpha value is -1.00. The van der Waals surface area contributed by atoms with Crippen LogP contribution in [0.15, 0.2) is 18.3 Å². The summed E-state index contributed by atoms with van der Waals surface area (Å²) in [6.45, 7) is 4.06. The van der Waals surface area contributed by atoms with Gasteiger partial charge in [-0.25, -0.2) is 9.97 Å². The van der Waals surface area contributed by atoms with Gasteiger partial charge in [0.15, 0.2) is 0 Å². The minimum absolute atomic E-state index is 0.856. The molecule has 0 unspecified atom stereocenters. The second kappa shape index (κ2) is 4.48. The van der Waals surface area contributed by atoms with Gasteiger partial charge in [0, 0.05) is 12.7 Å². The summed E-state index contributed by atoms with van der Waals surface area (Å²) in [4.78, 5) is 9.76. The van der Waals surface area contributed by atoms with Crippen LogP contribution in [0.25, 0.3) is 10.3 Å². The first-order chi connectivity index (χ1) is 6.90. The summed E-state index contributed by atoms with van der Waals surface area (Å²) in [5.74, 6) is 0. The Morgan fingerprint density at radius 3 is 3.21 bits per heavy atom. The van der Waals surface area contributed by atoms with Crippen LogP contribution in [0.3, 0.4) is 0 Å². The van der Waals surface area contributed by atoms with Crippen LogP contribution in [-0.2, 0) is 6.54 Å². The van der Waals surface area contributed by atoms with E-state index in [1.807, 2.05) is 18.3 Å². The quantitative estimate of drug-likeness (QED) is 0.781. The first-order valence-corrected chi connectivity index (χ1v) is 5.63. The van der Waals surface area contributed by atoms with E-state index >= 15 is 0 Å². The Morgan fingerprint density at radius 2 is 2.43 bits per heavy atom. The van der Waals surface area contributed by atoms with Gasteiger partial charge in [0.25, 0.3) is 0 Å². The SMILES string of the molecule is CCCNCc1nc2cccnc2s1. The highest BCUT2D eigenvalue weighted by Crippen LogP contribution is 2.18. The lowest BCUT2D eigenvalue weighted by atomic mass is 10.4. The highest BCUT2D eigenvalue weighted by atomic mass is 32.1. The van der Waals surface area contributed by atoms with Crippen molar-refractivity contribution >= 4 is 21.7 Å². The first-order valence-electron chi connectivity index (χ1n) is 4.81. The fourth-order valence-electron chi connectivity index (χ4n) is 1.26. The van der Waals surface area contributed by atoms with Crippen molar-refractivity contribution in [3.63, 3.8) is 0 Å². The zero-order chi connectivity index (χ0) is 9.80. The second-order valence-corrected chi connectivity index (χ2v) is 4.17. The van der Waals surface area contributed by atoms with Crippen LogP contribution in [0.4, 0.5) is 0 Å². The van der Waals surface area contributed by atoms with E-state index < -0.39 is 0 Å². The average molecular weight is 207 g/mol. The molecule has 0 aliphatic heterocycles. The molecule has 0 aromatic carbocycles. The average Bonchev–Trinajstić information content (AvgIpc) is 2.60. The third-order valence-electron chi connectivity index (χ3n) is 1.91. The van der Waals surface area contributed by atoms with Gasteiger partial charge in [0.1, 0.15) is 15.4 Å². The van der Waals surface area contributed by atoms with E-state index in [0.29, 0.717) is 0 Å². The lowest BCUT2D eigenvalue weighted by Crippen LogP contribution is -2.13. The summed E-state index contributed by atoms with van der Waals surface area (Å²) < 4.78 is 0. The molecule has 4 heteroatoms. The van der Waals surface area contributed by atoms with E-state index in [4.69, 9.17) is 0 Å². The molecule has 3 nitrogen and oxygen atoms in total. The molecule has 2 heterocycles. The molecule has 74 valence electrons. The molecular weight excluding hydrogens is 194 g/mol. The van der Waals surface area contributed by atoms with Gasteiger partial charge in [-0.15, -0.1) is 0 Å². The van der Waals surface area contributed by atoms with Crippen molar-refractivity contribution < 1.29 is 0 Å². The molecule has 0 aliphatic carbocycles. The van der Waals surface area contributed by atoms with Crippen molar-refractivity contribution in [3.05, 3.63) is 23.3 Å². The van der Waals surface area contributed by atoms with E-state index in [9.17, 15) is 0 Å². The van der Waals surface area contributed by atoms with Crippen LogP contribution in [0.2, 0.25) is 0 Å². The van der Waals surface area contributed by atoms with Gasteiger partial charge in [0.05, 0.1) is 0 Å². The van der Waals surface area contributed by atoms with Gasteiger partial charge < -0.3 is 5.32 Å². The summed E-state index contributed by atoms with van der Waals surface area (Å²) in [6, 6.07) is 3.92. The van der Waals surface area contributed by atoms with Gasteiger partial charge in [-0.3, -0.25) is 0 Å². The Labute approximate surface area is 87.2 Å². The number of hydrogen-bond donors (Lipinski definition) is 1. The number of fused-ring (bicyclic) bond motifs is 1. The van der Waals surface area contributed by atoms with Crippen LogP contribution in [0.5, 0.6) is 0 Å². The molecule has 2 aromatic heterocycles. The van der Waals surface area contributed by atoms with Crippen LogP contribution in [0.1, 0.15) is 18.4 Å². The summed E-state index contributed by atoms with van der Waals surface area (Å²) in [6.07, 6.45) is 2.97. The van der Waals surface area contributed by atoms with Crippen LogP contribution in [0, 0.1) is 0 Å². The van der Waals surface area contributed by atoms with Crippen molar-refractivity contribution in [2.75, 3.05) is 6.54 Å². The molecule has 2 aromatic rings. The summed E-state index contributed by atoms with van der Waals surface area (Å²) in [5, 5.41) is 4.45. The summed E-state index contributed by atoms with van der Waals surface area (Å²) in [5.41, 5.74) is 1.01. The highest BCUT2D eigenvalue weighted by Gasteiger charge is 2.02. The molecule has 0 spiro atoms. The largest absolute Gasteiger partial charge is 0.310 e. The molecule has 0 aliphatic rings. The Bertz CT molecular complexity index is 377. The van der Waals surface area contributed by atoms with Crippen molar-refractivity contribution in [1.29, 1.82) is 0 Å². The van der Waals surface area contributed by atoms with E-state index in [-0.39, 0.29) is 0 Å². The summed E-state index contributed by atoms with van der Waals surface area (Å²) in [7, 11) is 0. The molecule has 2 rings (SSSR count). The van der Waals surface area contributed by atoms with Gasteiger partial charge in [-0.2, -0.15) is 0 Å². The highest BCUT2D eigenvalue weighted by molar-refractivity contribution is 7.18. The molecule has 1 N–H and O–H groups in total. The minimum atomic E-state index is 0.856. The molecule has 0 atom stereocenters. The van der Waals surface area contributed by atoms with Gasteiger partial charge in [-0.1, -0.05) is 18.3 Å². The number of pyridine rings is 1. The van der Waals surface area contributed by atoms with Crippen LogP contribution in [-0.4, -0.2) is 16.5 Å². The van der Waals surface area contributed by atoms with Crippen molar-refractivity contribution in [1.82, 2.24) is 15.3 Å². The van der Waals surface area contributed by atoms with Gasteiger partial charge >= 0.3 is 0 Å². The number of nitrogens with one attached hydrogen (secondary N) is 1. The Morgan fingerprint density at radius 1 is 1.50 bits per heavy atom. The molecule has 0 bridgehead atoms. The monoisotopic (exact) mass is 207 g/mol. The molecule has 0 fully saturated rings. The number of rotatable bonds is 4. The van der Waals surface area contributed by atoms with Crippen molar-refractivity contribution in [3.8, 4) is 0 Å². The number of thiazole rings is 1. The van der Waals surface area contributed by atoms with Crippen LogP contribution < -0.4 is 5.32 Å². The Kier molecular flexibility index (Phi) is 3.06. The zero-order valence-electron chi connectivity index (χ0n) is 8.16. The van der Waals surface area contributed by atoms with Gasteiger partial charge in [-0.05, 0) is 25.1 Å². The maximum absolute atomic E-state index is 4.48. The predicted molar refractivity (Wildman–Crippen MR) is 59.4 cm³/mol. The number of aromatic nitrogens is 2. The second-order valence-electron chi connectivity index (χ2n) is 3.11. The maximum atomic E-state index is 4.48. The molecule has 0 radical (unpaired) electrons. The maximum Gasteiger partial charge on any atom is 0.143 e.